The Morgan fingerprint density at radius 1 is 1.11 bits per heavy atom. The number of likely N-dealkylation sites (tertiary alicyclic amines) is 1. The van der Waals surface area contributed by atoms with Gasteiger partial charge in [0.2, 0.25) is 5.06 Å². The topological polar surface area (TPSA) is 135 Å². The number of anilines is 1. The van der Waals surface area contributed by atoms with Crippen LogP contribution in [0.1, 0.15) is 41.3 Å². The maximum atomic E-state index is 13.4. The third-order valence-electron chi connectivity index (χ3n) is 6.42. The molecule has 2 aliphatic rings. The van der Waals surface area contributed by atoms with Crippen molar-refractivity contribution in [2.75, 3.05) is 25.5 Å². The number of rotatable bonds is 10. The molecule has 2 aromatic carbocycles. The van der Waals surface area contributed by atoms with E-state index in [0.717, 1.165) is 24.3 Å². The van der Waals surface area contributed by atoms with Crippen LogP contribution >= 0.6 is 11.3 Å². The summed E-state index contributed by atoms with van der Waals surface area (Å²) in [6.07, 6.45) is 2.51. The highest BCUT2D eigenvalue weighted by Gasteiger charge is 2.37. The molecule has 0 bridgehead atoms. The summed E-state index contributed by atoms with van der Waals surface area (Å²) in [4.78, 5) is 31.0. The molecule has 2 N–H and O–H groups in total. The summed E-state index contributed by atoms with van der Waals surface area (Å²) in [6.45, 7) is 1.55. The Bertz CT molecular complexity index is 1420. The molecule has 2 heterocycles. The molecule has 0 spiro atoms. The van der Waals surface area contributed by atoms with Crippen molar-refractivity contribution in [1.29, 1.82) is 0 Å². The second kappa shape index (κ2) is 10.8. The third-order valence-corrected chi connectivity index (χ3v) is 9.49. The van der Waals surface area contributed by atoms with E-state index in [9.17, 15) is 18.0 Å². The second-order valence-electron chi connectivity index (χ2n) is 9.41. The van der Waals surface area contributed by atoms with Gasteiger partial charge in [-0.25, -0.2) is 18.2 Å². The van der Waals surface area contributed by atoms with Crippen molar-refractivity contribution in [3.63, 3.8) is 0 Å². The molecule has 1 aliphatic heterocycles. The van der Waals surface area contributed by atoms with Gasteiger partial charge in [0.15, 0.2) is 21.1 Å². The largest absolute Gasteiger partial charge is 0.478 e. The molecule has 2 atom stereocenters. The molecule has 12 heteroatoms. The predicted octanol–water partition coefficient (Wildman–Crippen LogP) is 3.97. The molecule has 3 aromatic rings. The lowest BCUT2D eigenvalue weighted by atomic mass is 10.1. The van der Waals surface area contributed by atoms with E-state index in [4.69, 9.17) is 14.6 Å². The summed E-state index contributed by atoms with van der Waals surface area (Å²) in [5, 5.41) is 12.2. The molecule has 1 aromatic heterocycles. The van der Waals surface area contributed by atoms with Gasteiger partial charge in [-0.1, -0.05) is 23.5 Å². The minimum atomic E-state index is -3.34. The Morgan fingerprint density at radius 3 is 2.42 bits per heavy atom. The summed E-state index contributed by atoms with van der Waals surface area (Å²) in [6, 6.07) is 12.3. The number of aromatic nitrogens is 1. The zero-order chi connectivity index (χ0) is 26.9. The SMILES string of the molecule is CN1CCC(OC(C(=O)Nc2ncc(Oc3ccc(C(=O)O)cc3)s2)c2ccc(S(=O)(=O)C3CC3)cc2)C1. The average Bonchev–Trinajstić information content (AvgIpc) is 3.56. The van der Waals surface area contributed by atoms with Crippen molar-refractivity contribution in [3.8, 4) is 10.8 Å². The summed E-state index contributed by atoms with van der Waals surface area (Å²) >= 11 is 1.11. The molecule has 1 aliphatic carbocycles. The number of carboxylic acids is 1. The maximum Gasteiger partial charge on any atom is 0.335 e. The van der Waals surface area contributed by atoms with E-state index in [0.29, 0.717) is 40.9 Å². The van der Waals surface area contributed by atoms with Gasteiger partial charge in [0.1, 0.15) is 5.75 Å². The van der Waals surface area contributed by atoms with Crippen LogP contribution in [0.3, 0.4) is 0 Å². The monoisotopic (exact) mass is 557 g/mol. The minimum absolute atomic E-state index is 0.144. The van der Waals surface area contributed by atoms with Crippen molar-refractivity contribution in [1.82, 2.24) is 9.88 Å². The molecule has 1 saturated carbocycles. The van der Waals surface area contributed by atoms with Crippen molar-refractivity contribution in [3.05, 3.63) is 65.9 Å². The molecule has 38 heavy (non-hydrogen) atoms. The Labute approximate surface area is 224 Å². The van der Waals surface area contributed by atoms with E-state index in [-0.39, 0.29) is 21.8 Å². The molecule has 0 radical (unpaired) electrons. The fourth-order valence-corrected chi connectivity index (χ4v) is 6.56. The number of hydrogen-bond acceptors (Lipinski definition) is 9. The number of carbonyl (C=O) groups excluding carboxylic acids is 1. The summed E-state index contributed by atoms with van der Waals surface area (Å²) < 4.78 is 37.1. The number of nitrogens with one attached hydrogen (secondary N) is 1. The number of hydrogen-bond donors (Lipinski definition) is 2. The molecule has 1 saturated heterocycles. The zero-order valence-electron chi connectivity index (χ0n) is 20.6. The van der Waals surface area contributed by atoms with Gasteiger partial charge in [-0.3, -0.25) is 10.1 Å². The summed E-state index contributed by atoms with van der Waals surface area (Å²) in [7, 11) is -1.35. The van der Waals surface area contributed by atoms with Crippen LogP contribution < -0.4 is 10.1 Å². The van der Waals surface area contributed by atoms with E-state index in [1.54, 1.807) is 24.3 Å². The lowest BCUT2D eigenvalue weighted by molar-refractivity contribution is -0.131. The number of carboxylic acid groups (broad SMARTS) is 1. The van der Waals surface area contributed by atoms with E-state index in [2.05, 4.69) is 15.2 Å². The average molecular weight is 558 g/mol. The van der Waals surface area contributed by atoms with Gasteiger partial charge in [0.05, 0.1) is 28.0 Å². The lowest BCUT2D eigenvalue weighted by Gasteiger charge is -2.22. The van der Waals surface area contributed by atoms with Gasteiger partial charge in [0.25, 0.3) is 5.91 Å². The lowest BCUT2D eigenvalue weighted by Crippen LogP contribution is -2.29. The van der Waals surface area contributed by atoms with Crippen LogP contribution in [0.25, 0.3) is 0 Å². The molecule has 200 valence electrons. The molecular weight excluding hydrogens is 530 g/mol. The number of carbonyl (C=O) groups is 2. The first-order chi connectivity index (χ1) is 18.2. The second-order valence-corrected chi connectivity index (χ2v) is 12.6. The highest BCUT2D eigenvalue weighted by atomic mass is 32.2. The quantitative estimate of drug-likeness (QED) is 0.380. The number of ether oxygens (including phenoxy) is 2. The smallest absolute Gasteiger partial charge is 0.335 e. The van der Waals surface area contributed by atoms with Crippen LogP contribution in [0.2, 0.25) is 0 Å². The van der Waals surface area contributed by atoms with E-state index in [1.165, 1.54) is 30.5 Å². The van der Waals surface area contributed by atoms with Gasteiger partial charge in [-0.15, -0.1) is 0 Å². The highest BCUT2D eigenvalue weighted by Crippen LogP contribution is 2.35. The fraction of sp³-hybridized carbons (Fsp3) is 0.346. The third kappa shape index (κ3) is 6.04. The molecule has 1 amide bonds. The van der Waals surface area contributed by atoms with Crippen molar-refractivity contribution in [2.45, 2.75) is 41.6 Å². The maximum absolute atomic E-state index is 13.4. The van der Waals surface area contributed by atoms with Gasteiger partial charge < -0.3 is 19.5 Å². The van der Waals surface area contributed by atoms with Gasteiger partial charge in [-0.05, 0) is 68.3 Å². The van der Waals surface area contributed by atoms with Crippen LogP contribution in [0.4, 0.5) is 5.13 Å². The van der Waals surface area contributed by atoms with Crippen LogP contribution in [-0.2, 0) is 19.4 Å². The van der Waals surface area contributed by atoms with Gasteiger partial charge in [-0.2, -0.15) is 0 Å². The Balaban J connectivity index is 1.30. The van der Waals surface area contributed by atoms with E-state index in [1.807, 2.05) is 7.05 Å². The summed E-state index contributed by atoms with van der Waals surface area (Å²) in [5.41, 5.74) is 0.700. The molecule has 5 rings (SSSR count). The fourth-order valence-electron chi connectivity index (χ4n) is 4.21. The van der Waals surface area contributed by atoms with E-state index < -0.39 is 27.8 Å². The molecular formula is C26H27N3O7S2. The predicted molar refractivity (Wildman–Crippen MR) is 141 cm³/mol. The summed E-state index contributed by atoms with van der Waals surface area (Å²) in [5.74, 6) is -1.02. The highest BCUT2D eigenvalue weighted by molar-refractivity contribution is 7.92. The number of thiazole rings is 1. The van der Waals surface area contributed by atoms with Crippen molar-refractivity contribution >= 4 is 38.2 Å². The number of likely N-dealkylation sites (N-methyl/N-ethyl adjacent to an activating group) is 1. The number of amides is 1. The van der Waals surface area contributed by atoms with Crippen LogP contribution in [0, 0.1) is 0 Å². The van der Waals surface area contributed by atoms with Crippen LogP contribution in [-0.4, -0.2) is 66.8 Å². The number of sulfone groups is 1. The zero-order valence-corrected chi connectivity index (χ0v) is 22.2. The first-order valence-electron chi connectivity index (χ1n) is 12.1. The Hall–Kier alpha value is -3.32. The minimum Gasteiger partial charge on any atom is -0.478 e. The standard InChI is InChI=1S/C26H27N3O7S2/c1-29-13-12-19(15-29)36-23(16-4-8-20(9-5-16)38(33,34)21-10-11-21)24(30)28-26-27-14-22(37-26)35-18-6-2-17(3-7-18)25(31)32/h2-9,14,19,21,23H,10-13,15H2,1H3,(H,31,32)(H,27,28,30). The van der Waals surface area contributed by atoms with Gasteiger partial charge >= 0.3 is 5.97 Å². The van der Waals surface area contributed by atoms with Crippen LogP contribution in [0.5, 0.6) is 10.8 Å². The Morgan fingerprint density at radius 2 is 1.82 bits per heavy atom. The molecule has 2 unspecified atom stereocenters. The normalized spacial score (nSPS) is 18.7. The first-order valence-corrected chi connectivity index (χ1v) is 14.5. The number of aromatic carboxylic acids is 1. The molecule has 2 fully saturated rings. The first kappa shape index (κ1) is 26.3. The number of benzene rings is 2. The van der Waals surface area contributed by atoms with Crippen molar-refractivity contribution in [2.24, 2.45) is 0 Å². The van der Waals surface area contributed by atoms with E-state index >= 15 is 0 Å². The van der Waals surface area contributed by atoms with Crippen molar-refractivity contribution < 1.29 is 32.6 Å². The number of nitrogens with zero attached hydrogens (tertiary/aromatic N) is 2. The van der Waals surface area contributed by atoms with Gasteiger partial charge in [0, 0.05) is 13.1 Å². The molecule has 10 nitrogen and oxygen atoms in total. The Kier molecular flexibility index (Phi) is 7.48. The van der Waals surface area contributed by atoms with Crippen LogP contribution in [0.15, 0.2) is 59.6 Å².